The Hall–Kier alpha value is -1.97. The predicted molar refractivity (Wildman–Crippen MR) is 110 cm³/mol. The monoisotopic (exact) mass is 427 g/mol. The quantitative estimate of drug-likeness (QED) is 0.457. The number of rotatable bonds is 9. The number of hydrogen-bond acceptors (Lipinski definition) is 7. The van der Waals surface area contributed by atoms with E-state index < -0.39 is 11.9 Å². The van der Waals surface area contributed by atoms with E-state index in [2.05, 4.69) is 12.2 Å². The summed E-state index contributed by atoms with van der Waals surface area (Å²) in [5.74, 6) is -1.29. The minimum absolute atomic E-state index is 0.110. The molecule has 0 aliphatic carbocycles. The lowest BCUT2D eigenvalue weighted by Gasteiger charge is -2.29. The first-order valence-corrected chi connectivity index (χ1v) is 10.8. The molecule has 0 bridgehead atoms. The van der Waals surface area contributed by atoms with Crippen LogP contribution in [0.5, 0.6) is 0 Å². The number of esters is 2. The number of ether oxygens (including phenoxy) is 3. The Morgan fingerprint density at radius 3 is 2.59 bits per heavy atom. The van der Waals surface area contributed by atoms with Gasteiger partial charge in [0.25, 0.3) is 5.91 Å². The molecule has 162 valence electrons. The summed E-state index contributed by atoms with van der Waals surface area (Å²) < 4.78 is 15.2. The van der Waals surface area contributed by atoms with Gasteiger partial charge in [0.05, 0.1) is 31.4 Å². The van der Waals surface area contributed by atoms with E-state index in [0.29, 0.717) is 23.2 Å². The molecule has 2 atom stereocenters. The number of nitrogens with one attached hydrogen (secondary N) is 2. The van der Waals surface area contributed by atoms with Gasteiger partial charge in [-0.05, 0) is 45.6 Å². The third-order valence-electron chi connectivity index (χ3n) is 5.05. The van der Waals surface area contributed by atoms with Crippen molar-refractivity contribution in [3.63, 3.8) is 0 Å². The molecule has 9 heteroatoms. The molecule has 1 fully saturated rings. The van der Waals surface area contributed by atoms with Gasteiger partial charge >= 0.3 is 11.9 Å². The maximum Gasteiger partial charge on any atom is 0.348 e. The van der Waals surface area contributed by atoms with Crippen LogP contribution in [0.1, 0.15) is 58.7 Å². The van der Waals surface area contributed by atoms with E-state index in [1.165, 1.54) is 18.4 Å². The minimum atomic E-state index is -0.564. The van der Waals surface area contributed by atoms with E-state index in [0.717, 1.165) is 30.7 Å². The number of carbonyl (C=O) groups is 3. The summed E-state index contributed by atoms with van der Waals surface area (Å²) in [6.07, 6.45) is 3.40. The standard InChI is InChI=1S/C20H30N2O6S/c1-5-27-19(24)16-14(3)17(20(25)28-11-10-26-4)29-18(16)21-15(23)12-22-9-7-6-8-13(22)2/h13H,5-12H2,1-4H3,(H,21,23)/p+1/t13-/m0/s1. The molecule has 1 aromatic heterocycles. The van der Waals surface area contributed by atoms with Gasteiger partial charge in [0.2, 0.25) is 0 Å². The number of methoxy groups -OCH3 is 1. The molecule has 0 saturated carbocycles. The molecule has 8 nitrogen and oxygen atoms in total. The fourth-order valence-corrected chi connectivity index (χ4v) is 4.53. The van der Waals surface area contributed by atoms with Crippen LogP contribution in [0.4, 0.5) is 5.00 Å². The smallest absolute Gasteiger partial charge is 0.348 e. The fraction of sp³-hybridized carbons (Fsp3) is 0.650. The number of hydrogen-bond donors (Lipinski definition) is 2. The number of thiophene rings is 1. The number of likely N-dealkylation sites (tertiary alicyclic amines) is 1. The Bertz CT molecular complexity index is 733. The molecule has 1 unspecified atom stereocenters. The van der Waals surface area contributed by atoms with Crippen molar-refractivity contribution < 1.29 is 33.5 Å². The average molecular weight is 428 g/mol. The SMILES string of the molecule is CCOC(=O)c1c(NC(=O)C[NH+]2CCCC[C@@H]2C)sc(C(=O)OCCOC)c1C. The van der Waals surface area contributed by atoms with Crippen LogP contribution in [0.2, 0.25) is 0 Å². The average Bonchev–Trinajstić information content (AvgIpc) is 3.00. The fourth-order valence-electron chi connectivity index (χ4n) is 3.42. The van der Waals surface area contributed by atoms with Crippen LogP contribution in [-0.2, 0) is 19.0 Å². The molecule has 2 rings (SSSR count). The molecule has 1 aromatic rings. The van der Waals surface area contributed by atoms with Crippen molar-refractivity contribution in [3.8, 4) is 0 Å². The molecule has 1 aliphatic rings. The second-order valence-electron chi connectivity index (χ2n) is 7.14. The summed E-state index contributed by atoms with van der Waals surface area (Å²) >= 11 is 1.04. The van der Waals surface area contributed by atoms with Crippen LogP contribution < -0.4 is 10.2 Å². The van der Waals surface area contributed by atoms with Gasteiger partial charge in [0.1, 0.15) is 16.5 Å². The minimum Gasteiger partial charge on any atom is -0.462 e. The second kappa shape index (κ2) is 11.3. The Labute approximate surface area is 175 Å². The lowest BCUT2D eigenvalue weighted by molar-refractivity contribution is -0.920. The van der Waals surface area contributed by atoms with Gasteiger partial charge in [-0.1, -0.05) is 0 Å². The maximum atomic E-state index is 12.7. The molecule has 0 spiro atoms. The highest BCUT2D eigenvalue weighted by atomic mass is 32.1. The zero-order valence-electron chi connectivity index (χ0n) is 17.6. The maximum absolute atomic E-state index is 12.7. The normalized spacial score (nSPS) is 18.9. The van der Waals surface area contributed by atoms with Crippen molar-refractivity contribution in [2.24, 2.45) is 0 Å². The van der Waals surface area contributed by atoms with E-state index in [4.69, 9.17) is 14.2 Å². The van der Waals surface area contributed by atoms with Crippen molar-refractivity contribution in [2.45, 2.75) is 46.1 Å². The highest BCUT2D eigenvalue weighted by molar-refractivity contribution is 7.18. The summed E-state index contributed by atoms with van der Waals surface area (Å²) in [7, 11) is 1.52. The van der Waals surface area contributed by atoms with Crippen molar-refractivity contribution in [3.05, 3.63) is 16.0 Å². The van der Waals surface area contributed by atoms with Gasteiger partial charge < -0.3 is 24.4 Å². The molecule has 0 aromatic carbocycles. The van der Waals surface area contributed by atoms with Crippen molar-refractivity contribution in [2.75, 3.05) is 45.3 Å². The molecule has 1 aliphatic heterocycles. The van der Waals surface area contributed by atoms with E-state index in [9.17, 15) is 14.4 Å². The molecule has 1 saturated heterocycles. The van der Waals surface area contributed by atoms with Gasteiger partial charge in [-0.25, -0.2) is 9.59 Å². The van der Waals surface area contributed by atoms with Gasteiger partial charge in [0.15, 0.2) is 6.54 Å². The number of quaternary nitrogens is 1. The Kier molecular flexibility index (Phi) is 9.06. The molecule has 2 heterocycles. The molecule has 0 radical (unpaired) electrons. The third kappa shape index (κ3) is 6.25. The summed E-state index contributed by atoms with van der Waals surface area (Å²) in [5.41, 5.74) is 0.662. The summed E-state index contributed by atoms with van der Waals surface area (Å²) in [6.45, 7) is 7.39. The van der Waals surface area contributed by atoms with Gasteiger partial charge in [0, 0.05) is 7.11 Å². The predicted octanol–water partition coefficient (Wildman–Crippen LogP) is 1.43. The third-order valence-corrected chi connectivity index (χ3v) is 6.24. The summed E-state index contributed by atoms with van der Waals surface area (Å²) in [5, 5.41) is 3.15. The molecular weight excluding hydrogens is 396 g/mol. The van der Waals surface area contributed by atoms with Crippen LogP contribution in [-0.4, -0.2) is 63.9 Å². The van der Waals surface area contributed by atoms with E-state index in [1.807, 2.05) is 0 Å². The number of piperidine rings is 1. The molecule has 1 amide bonds. The molecular formula is C20H31N2O6S+. The summed E-state index contributed by atoms with van der Waals surface area (Å²) in [4.78, 5) is 39.0. The molecule has 2 N–H and O–H groups in total. The Balaban J connectivity index is 2.19. The van der Waals surface area contributed by atoms with Crippen molar-refractivity contribution in [1.82, 2.24) is 0 Å². The number of carbonyl (C=O) groups excluding carboxylic acids is 3. The van der Waals surface area contributed by atoms with Gasteiger partial charge in [-0.2, -0.15) is 0 Å². The zero-order valence-corrected chi connectivity index (χ0v) is 18.4. The number of amides is 1. The first-order valence-electron chi connectivity index (χ1n) is 10.00. The second-order valence-corrected chi connectivity index (χ2v) is 8.16. The van der Waals surface area contributed by atoms with Crippen molar-refractivity contribution >= 4 is 34.2 Å². The van der Waals surface area contributed by atoms with E-state index >= 15 is 0 Å². The lowest BCUT2D eigenvalue weighted by Crippen LogP contribution is -3.17. The van der Waals surface area contributed by atoms with Crippen molar-refractivity contribution in [1.29, 1.82) is 0 Å². The van der Waals surface area contributed by atoms with Crippen LogP contribution >= 0.6 is 11.3 Å². The van der Waals surface area contributed by atoms with E-state index in [1.54, 1.807) is 13.8 Å². The first kappa shape index (κ1) is 23.3. The van der Waals surface area contributed by atoms with Gasteiger partial charge in [-0.15, -0.1) is 11.3 Å². The zero-order chi connectivity index (χ0) is 21.4. The molecule has 29 heavy (non-hydrogen) atoms. The summed E-state index contributed by atoms with van der Waals surface area (Å²) in [6, 6.07) is 0.426. The van der Waals surface area contributed by atoms with Gasteiger partial charge in [-0.3, -0.25) is 4.79 Å². The number of anilines is 1. The largest absolute Gasteiger partial charge is 0.462 e. The van der Waals surface area contributed by atoms with Crippen LogP contribution in [0.25, 0.3) is 0 Å². The van der Waals surface area contributed by atoms with Crippen LogP contribution in [0.3, 0.4) is 0 Å². The Morgan fingerprint density at radius 2 is 1.93 bits per heavy atom. The van der Waals surface area contributed by atoms with Crippen LogP contribution in [0, 0.1) is 6.92 Å². The van der Waals surface area contributed by atoms with E-state index in [-0.39, 0.29) is 36.2 Å². The topological polar surface area (TPSA) is 95.4 Å². The first-order chi connectivity index (χ1) is 13.9. The highest BCUT2D eigenvalue weighted by Gasteiger charge is 2.29. The van der Waals surface area contributed by atoms with Crippen LogP contribution in [0.15, 0.2) is 0 Å². The highest BCUT2D eigenvalue weighted by Crippen LogP contribution is 2.34. The Morgan fingerprint density at radius 1 is 1.17 bits per heavy atom. The lowest BCUT2D eigenvalue weighted by atomic mass is 10.0.